The molecule has 0 saturated carbocycles. The smallest absolute Gasteiger partial charge is 0.492 e. The maximum Gasteiger partial charge on any atom is 0.493 e. The molecule has 1 heterocycles. The number of hydrogen-bond donors (Lipinski definition) is 1. The monoisotopic (exact) mass is 566 g/mol. The van der Waals surface area contributed by atoms with Crippen LogP contribution in [0.5, 0.6) is 11.5 Å². The van der Waals surface area contributed by atoms with Gasteiger partial charge in [-0.2, -0.15) is 22.7 Å². The minimum absolute atomic E-state index is 0.00656. The van der Waals surface area contributed by atoms with Gasteiger partial charge in [0.2, 0.25) is 5.82 Å². The SMILES string of the molecule is COc1c(F)c(F)cc(C(=O)N(OC(=O)C(F)(F)F)c2ccc(OCCN)c(-c3c(Cl)cnn3C)c2)c1F. The summed E-state index contributed by atoms with van der Waals surface area (Å²) in [4.78, 5) is 29.1. The van der Waals surface area contributed by atoms with Crippen molar-refractivity contribution in [2.75, 3.05) is 25.3 Å². The molecule has 16 heteroatoms. The van der Waals surface area contributed by atoms with Crippen molar-refractivity contribution in [1.82, 2.24) is 9.78 Å². The van der Waals surface area contributed by atoms with Crippen molar-refractivity contribution in [2.24, 2.45) is 12.8 Å². The van der Waals surface area contributed by atoms with Gasteiger partial charge in [0.1, 0.15) is 12.4 Å². The Hall–Kier alpha value is -3.98. The molecule has 3 rings (SSSR count). The predicted molar refractivity (Wildman–Crippen MR) is 120 cm³/mol. The largest absolute Gasteiger partial charge is 0.493 e. The lowest BCUT2D eigenvalue weighted by Crippen LogP contribution is -2.39. The topological polar surface area (TPSA) is 109 Å². The molecule has 0 aliphatic carbocycles. The Morgan fingerprint density at radius 2 is 1.84 bits per heavy atom. The normalized spacial score (nSPS) is 11.3. The Morgan fingerprint density at radius 1 is 1.16 bits per heavy atom. The van der Waals surface area contributed by atoms with Gasteiger partial charge in [0, 0.05) is 19.2 Å². The fourth-order valence-corrected chi connectivity index (χ4v) is 3.48. The fraction of sp³-hybridized carbons (Fsp3) is 0.227. The number of nitrogens with zero attached hydrogens (tertiary/aromatic N) is 3. The number of alkyl halides is 3. The van der Waals surface area contributed by atoms with Gasteiger partial charge in [-0.3, -0.25) is 9.48 Å². The first-order chi connectivity index (χ1) is 17.8. The number of methoxy groups -OCH3 is 1. The molecule has 0 bridgehead atoms. The predicted octanol–water partition coefficient (Wildman–Crippen LogP) is 4.17. The number of amides is 1. The number of carbonyl (C=O) groups is 2. The highest BCUT2D eigenvalue weighted by Crippen LogP contribution is 2.38. The van der Waals surface area contributed by atoms with E-state index in [0.29, 0.717) is 0 Å². The molecular weight excluding hydrogens is 550 g/mol. The number of halogens is 7. The van der Waals surface area contributed by atoms with E-state index in [0.717, 1.165) is 19.2 Å². The first kappa shape index (κ1) is 28.6. The molecule has 9 nitrogen and oxygen atoms in total. The van der Waals surface area contributed by atoms with Gasteiger partial charge in [-0.1, -0.05) is 11.6 Å². The maximum absolute atomic E-state index is 14.8. The number of aryl methyl sites for hydroxylation is 1. The van der Waals surface area contributed by atoms with Crippen LogP contribution in [0.15, 0.2) is 30.5 Å². The molecule has 2 aromatic carbocycles. The number of hydrogen-bond acceptors (Lipinski definition) is 7. The molecule has 38 heavy (non-hydrogen) atoms. The Bertz CT molecular complexity index is 1360. The molecule has 2 N–H and O–H groups in total. The van der Waals surface area contributed by atoms with E-state index in [2.05, 4.69) is 14.7 Å². The third-order valence-electron chi connectivity index (χ3n) is 4.86. The number of anilines is 1. The van der Waals surface area contributed by atoms with E-state index >= 15 is 0 Å². The van der Waals surface area contributed by atoms with Crippen molar-refractivity contribution in [2.45, 2.75) is 6.18 Å². The summed E-state index contributed by atoms with van der Waals surface area (Å²) >= 11 is 6.19. The molecule has 3 aromatic rings. The molecular formula is C22H17ClF6N4O5. The Labute approximate surface area is 215 Å². The number of rotatable bonds is 7. The van der Waals surface area contributed by atoms with Crippen molar-refractivity contribution in [3.63, 3.8) is 0 Å². The van der Waals surface area contributed by atoms with E-state index in [-0.39, 0.29) is 46.3 Å². The molecule has 0 aliphatic rings. The van der Waals surface area contributed by atoms with Gasteiger partial charge >= 0.3 is 12.1 Å². The molecule has 0 fully saturated rings. The van der Waals surface area contributed by atoms with Crippen LogP contribution in [0.2, 0.25) is 5.02 Å². The van der Waals surface area contributed by atoms with E-state index < -0.39 is 52.5 Å². The molecule has 0 unspecified atom stereocenters. The summed E-state index contributed by atoms with van der Waals surface area (Å²) in [6, 6.07) is 3.25. The zero-order valence-corrected chi connectivity index (χ0v) is 20.2. The first-order valence-corrected chi connectivity index (χ1v) is 10.7. The fourth-order valence-electron chi connectivity index (χ4n) is 3.21. The van der Waals surface area contributed by atoms with Crippen molar-refractivity contribution < 1.29 is 50.2 Å². The minimum atomic E-state index is -5.60. The van der Waals surface area contributed by atoms with Gasteiger partial charge in [0.05, 0.1) is 35.3 Å². The highest BCUT2D eigenvalue weighted by atomic mass is 35.5. The molecule has 0 saturated heterocycles. The summed E-state index contributed by atoms with van der Waals surface area (Å²) in [6.07, 6.45) is -4.35. The number of carbonyl (C=O) groups excluding carboxylic acids is 2. The lowest BCUT2D eigenvalue weighted by atomic mass is 10.1. The summed E-state index contributed by atoms with van der Waals surface area (Å²) in [5, 5.41) is 3.76. The van der Waals surface area contributed by atoms with Crippen LogP contribution in [0, 0.1) is 17.5 Å². The Kier molecular flexibility index (Phi) is 8.41. The van der Waals surface area contributed by atoms with Gasteiger partial charge in [-0.05, 0) is 24.3 Å². The average molecular weight is 567 g/mol. The number of ether oxygens (including phenoxy) is 2. The summed E-state index contributed by atoms with van der Waals surface area (Å²) in [6.45, 7) is 0.0682. The third-order valence-corrected chi connectivity index (χ3v) is 5.14. The second-order valence-corrected chi connectivity index (χ2v) is 7.73. The van der Waals surface area contributed by atoms with E-state index in [1.807, 2.05) is 0 Å². The van der Waals surface area contributed by atoms with Gasteiger partial charge in [-0.15, -0.1) is 5.06 Å². The van der Waals surface area contributed by atoms with Crippen LogP contribution in [0.3, 0.4) is 0 Å². The van der Waals surface area contributed by atoms with Crippen LogP contribution < -0.4 is 20.3 Å². The van der Waals surface area contributed by atoms with Crippen LogP contribution in [-0.2, 0) is 16.7 Å². The van der Waals surface area contributed by atoms with E-state index in [1.54, 1.807) is 0 Å². The molecule has 1 amide bonds. The van der Waals surface area contributed by atoms with Crippen LogP contribution in [0.4, 0.5) is 32.0 Å². The Morgan fingerprint density at radius 3 is 2.39 bits per heavy atom. The zero-order valence-electron chi connectivity index (χ0n) is 19.4. The quantitative estimate of drug-likeness (QED) is 0.260. The molecule has 204 valence electrons. The molecule has 1 aromatic heterocycles. The van der Waals surface area contributed by atoms with Gasteiger partial charge in [-0.25, -0.2) is 13.6 Å². The molecule has 0 atom stereocenters. The summed E-state index contributed by atoms with van der Waals surface area (Å²) < 4.78 is 93.1. The highest BCUT2D eigenvalue weighted by molar-refractivity contribution is 6.33. The second-order valence-electron chi connectivity index (χ2n) is 7.33. The van der Waals surface area contributed by atoms with E-state index in [4.69, 9.17) is 22.1 Å². The highest BCUT2D eigenvalue weighted by Gasteiger charge is 2.44. The number of nitrogens with two attached hydrogens (primary N) is 1. The van der Waals surface area contributed by atoms with Crippen molar-refractivity contribution in [1.29, 1.82) is 0 Å². The maximum atomic E-state index is 14.8. The van der Waals surface area contributed by atoms with Crippen LogP contribution in [0.1, 0.15) is 10.4 Å². The second kappa shape index (κ2) is 11.2. The lowest BCUT2D eigenvalue weighted by Gasteiger charge is -2.23. The standard InChI is InChI=1S/C22H17ClF6N4O5/c1-32-18(13(23)9-31-32)11-7-10(3-4-15(11)37-6-5-30)33(38-21(35)22(27,28)29)20(34)12-8-14(24)17(26)19(36-2)16(12)25/h3-4,7-9H,5-6,30H2,1-2H3. The Balaban J connectivity index is 2.24. The van der Waals surface area contributed by atoms with Gasteiger partial charge in [0.25, 0.3) is 5.91 Å². The average Bonchev–Trinajstić information content (AvgIpc) is 3.20. The molecule has 0 spiro atoms. The van der Waals surface area contributed by atoms with E-state index in [1.165, 1.54) is 24.0 Å². The summed E-state index contributed by atoms with van der Waals surface area (Å²) in [5.74, 6) is -11.2. The number of hydroxylamine groups is 1. The van der Waals surface area contributed by atoms with Gasteiger partial charge in [0.15, 0.2) is 17.4 Å². The van der Waals surface area contributed by atoms with E-state index in [9.17, 15) is 35.9 Å². The lowest BCUT2D eigenvalue weighted by molar-refractivity contribution is -0.200. The minimum Gasteiger partial charge on any atom is -0.492 e. The first-order valence-electron chi connectivity index (χ1n) is 10.3. The van der Waals surface area contributed by atoms with Crippen LogP contribution in [-0.4, -0.2) is 48.1 Å². The third kappa shape index (κ3) is 5.62. The van der Waals surface area contributed by atoms with Gasteiger partial charge < -0.3 is 20.0 Å². The molecule has 0 radical (unpaired) electrons. The van der Waals surface area contributed by atoms with Crippen molar-refractivity contribution >= 4 is 29.2 Å². The zero-order chi connectivity index (χ0) is 28.4. The number of aromatic nitrogens is 2. The van der Waals surface area contributed by atoms with Crippen molar-refractivity contribution in [3.05, 3.63) is 58.5 Å². The van der Waals surface area contributed by atoms with Crippen molar-refractivity contribution in [3.8, 4) is 22.8 Å². The van der Waals surface area contributed by atoms with Crippen LogP contribution >= 0.6 is 11.6 Å². The summed E-state index contributed by atoms with van der Waals surface area (Å²) in [7, 11) is 2.23. The molecule has 0 aliphatic heterocycles. The van der Waals surface area contributed by atoms with Crippen LogP contribution in [0.25, 0.3) is 11.3 Å². The summed E-state index contributed by atoms with van der Waals surface area (Å²) in [5.41, 5.74) is 3.78. The number of benzene rings is 2.